The highest BCUT2D eigenvalue weighted by atomic mass is 16.5. The third-order valence-corrected chi connectivity index (χ3v) is 7.00. The lowest BCUT2D eigenvalue weighted by molar-refractivity contribution is -0.143. The molecule has 0 radical (unpaired) electrons. The molecule has 1 aliphatic rings. The molecule has 0 spiro atoms. The molecule has 1 fully saturated rings. The van der Waals surface area contributed by atoms with Crippen LogP contribution in [0.25, 0.3) is 10.9 Å². The highest BCUT2D eigenvalue weighted by Crippen LogP contribution is 2.46. The van der Waals surface area contributed by atoms with Gasteiger partial charge in [0, 0.05) is 50.9 Å². The molecule has 0 saturated carbocycles. The number of hydrogen-bond acceptors (Lipinski definition) is 4. The zero-order chi connectivity index (χ0) is 24.4. The van der Waals surface area contributed by atoms with Crippen LogP contribution in [0.4, 0.5) is 0 Å². The second-order valence-electron chi connectivity index (χ2n) is 9.18. The van der Waals surface area contributed by atoms with Gasteiger partial charge in [-0.25, -0.2) is 0 Å². The molecule has 2 aromatic carbocycles. The molecule has 1 saturated heterocycles. The van der Waals surface area contributed by atoms with Gasteiger partial charge in [-0.2, -0.15) is 0 Å². The van der Waals surface area contributed by atoms with Crippen LogP contribution in [0.2, 0.25) is 0 Å². The number of likely N-dealkylation sites (N-methyl/N-ethyl adjacent to an activating group) is 1. The smallest absolute Gasteiger partial charge is 0.309 e. The van der Waals surface area contributed by atoms with Gasteiger partial charge in [-0.1, -0.05) is 25.1 Å². The Morgan fingerprint density at radius 2 is 1.82 bits per heavy atom. The van der Waals surface area contributed by atoms with Gasteiger partial charge in [0.25, 0.3) is 0 Å². The molecule has 2 heterocycles. The van der Waals surface area contributed by atoms with Gasteiger partial charge in [0.1, 0.15) is 5.75 Å². The monoisotopic (exact) mass is 463 g/mol. The van der Waals surface area contributed by atoms with Crippen LogP contribution >= 0.6 is 0 Å². The second kappa shape index (κ2) is 9.89. The molecular weight excluding hydrogens is 430 g/mol. The van der Waals surface area contributed by atoms with Crippen LogP contribution < -0.4 is 4.74 Å². The fraction of sp³-hybridized carbons (Fsp3) is 0.407. The van der Waals surface area contributed by atoms with Crippen molar-refractivity contribution in [3.05, 3.63) is 65.9 Å². The molecule has 1 amide bonds. The van der Waals surface area contributed by atoms with Gasteiger partial charge in [-0.05, 0) is 53.3 Å². The van der Waals surface area contributed by atoms with E-state index in [9.17, 15) is 14.7 Å². The number of carbonyl (C=O) groups is 2. The fourth-order valence-corrected chi connectivity index (χ4v) is 5.21. The van der Waals surface area contributed by atoms with Crippen molar-refractivity contribution in [1.82, 2.24) is 14.4 Å². The van der Waals surface area contributed by atoms with Gasteiger partial charge in [0.15, 0.2) is 0 Å². The van der Waals surface area contributed by atoms with E-state index in [1.807, 2.05) is 61.5 Å². The summed E-state index contributed by atoms with van der Waals surface area (Å²) < 4.78 is 7.35. The van der Waals surface area contributed by atoms with E-state index in [1.165, 1.54) is 0 Å². The zero-order valence-corrected chi connectivity index (χ0v) is 20.3. The number of methoxy groups -OCH3 is 1. The predicted octanol–water partition coefficient (Wildman–Crippen LogP) is 3.90. The maximum absolute atomic E-state index is 13.0. The molecule has 7 nitrogen and oxygen atoms in total. The Balaban J connectivity index is 1.74. The first-order valence-electron chi connectivity index (χ1n) is 11.7. The SMILES string of the molecule is CCCN(C)C(=O)CN1C[C@H](c2ccc3c(ccn3C)c2)[C@H](C(=O)O)[C@H]1c1ccc(OC)cc1. The topological polar surface area (TPSA) is 75.0 Å². The minimum Gasteiger partial charge on any atom is -0.497 e. The number of rotatable bonds is 8. The van der Waals surface area contributed by atoms with E-state index in [2.05, 4.69) is 16.7 Å². The summed E-state index contributed by atoms with van der Waals surface area (Å²) in [6.45, 7) is 3.39. The van der Waals surface area contributed by atoms with Gasteiger partial charge in [0.2, 0.25) is 5.91 Å². The average molecular weight is 464 g/mol. The number of carbonyl (C=O) groups excluding carboxylic acids is 1. The van der Waals surface area contributed by atoms with E-state index < -0.39 is 17.9 Å². The van der Waals surface area contributed by atoms with Crippen molar-refractivity contribution in [2.45, 2.75) is 25.3 Å². The van der Waals surface area contributed by atoms with Crippen LogP contribution in [0.15, 0.2) is 54.7 Å². The Bertz CT molecular complexity index is 1170. The molecule has 3 aromatic rings. The summed E-state index contributed by atoms with van der Waals surface area (Å²) in [6, 6.07) is 15.3. The van der Waals surface area contributed by atoms with Crippen LogP contribution in [0.5, 0.6) is 5.75 Å². The number of carboxylic acids is 1. The number of nitrogens with zero attached hydrogens (tertiary/aromatic N) is 3. The third kappa shape index (κ3) is 4.53. The Hall–Kier alpha value is -3.32. The van der Waals surface area contributed by atoms with E-state index in [-0.39, 0.29) is 18.4 Å². The van der Waals surface area contributed by atoms with Crippen molar-refractivity contribution in [1.29, 1.82) is 0 Å². The van der Waals surface area contributed by atoms with Crippen molar-refractivity contribution in [2.75, 3.05) is 33.8 Å². The number of fused-ring (bicyclic) bond motifs is 1. The number of aryl methyl sites for hydroxylation is 1. The Morgan fingerprint density at radius 1 is 1.12 bits per heavy atom. The predicted molar refractivity (Wildman–Crippen MR) is 132 cm³/mol. The van der Waals surface area contributed by atoms with Crippen LogP contribution in [0, 0.1) is 5.92 Å². The number of benzene rings is 2. The van der Waals surface area contributed by atoms with E-state index in [4.69, 9.17) is 4.74 Å². The first kappa shape index (κ1) is 23.8. The molecule has 0 bridgehead atoms. The van der Waals surface area contributed by atoms with E-state index in [0.717, 1.165) is 28.5 Å². The lowest BCUT2D eigenvalue weighted by Crippen LogP contribution is -2.39. The standard InChI is InChI=1S/C27H33N3O4/c1-5-13-29(3)24(31)17-30-16-22(19-8-11-23-20(15-19)12-14-28(23)2)25(27(32)33)26(30)18-6-9-21(34-4)10-7-18/h6-12,14-15,22,25-26H,5,13,16-17H2,1-4H3,(H,32,33)/t22-,25+,26-/m1/s1. The maximum Gasteiger partial charge on any atom is 0.309 e. The minimum absolute atomic E-state index is 0.00339. The Labute approximate surface area is 200 Å². The number of aliphatic carboxylic acids is 1. The fourth-order valence-electron chi connectivity index (χ4n) is 5.21. The van der Waals surface area contributed by atoms with Crippen LogP contribution in [-0.2, 0) is 16.6 Å². The van der Waals surface area contributed by atoms with E-state index in [0.29, 0.717) is 18.8 Å². The van der Waals surface area contributed by atoms with Crippen LogP contribution in [-0.4, -0.2) is 65.1 Å². The van der Waals surface area contributed by atoms with Gasteiger partial charge in [0.05, 0.1) is 19.6 Å². The second-order valence-corrected chi connectivity index (χ2v) is 9.18. The Kier molecular flexibility index (Phi) is 6.93. The summed E-state index contributed by atoms with van der Waals surface area (Å²) in [6.07, 6.45) is 2.88. The summed E-state index contributed by atoms with van der Waals surface area (Å²) in [5, 5.41) is 11.5. The number of likely N-dealkylation sites (tertiary alicyclic amines) is 1. The molecule has 4 rings (SSSR count). The van der Waals surface area contributed by atoms with Gasteiger partial charge >= 0.3 is 5.97 Å². The molecule has 180 valence electrons. The van der Waals surface area contributed by atoms with E-state index >= 15 is 0 Å². The highest BCUT2D eigenvalue weighted by Gasteiger charge is 2.48. The average Bonchev–Trinajstić information content (AvgIpc) is 3.39. The van der Waals surface area contributed by atoms with Crippen LogP contribution in [0.3, 0.4) is 0 Å². The summed E-state index contributed by atoms with van der Waals surface area (Å²) in [4.78, 5) is 29.4. The lowest BCUT2D eigenvalue weighted by Gasteiger charge is -2.28. The first-order valence-corrected chi connectivity index (χ1v) is 11.7. The van der Waals surface area contributed by atoms with Crippen LogP contribution in [0.1, 0.15) is 36.4 Å². The van der Waals surface area contributed by atoms with Gasteiger partial charge < -0.3 is 19.3 Å². The number of aromatic nitrogens is 1. The molecule has 34 heavy (non-hydrogen) atoms. The normalized spacial score (nSPS) is 20.5. The summed E-state index contributed by atoms with van der Waals surface area (Å²) in [7, 11) is 5.41. The van der Waals surface area contributed by atoms with Crippen molar-refractivity contribution < 1.29 is 19.4 Å². The number of carboxylic acid groups (broad SMARTS) is 1. The molecule has 1 N–H and O–H groups in total. The molecule has 0 aliphatic carbocycles. The number of amides is 1. The minimum atomic E-state index is -0.851. The third-order valence-electron chi connectivity index (χ3n) is 7.00. The molecule has 3 atom stereocenters. The number of hydrogen-bond donors (Lipinski definition) is 1. The summed E-state index contributed by atoms with van der Waals surface area (Å²) >= 11 is 0. The molecule has 1 aromatic heterocycles. The molecule has 1 aliphatic heterocycles. The highest BCUT2D eigenvalue weighted by molar-refractivity contribution is 5.82. The number of ether oxygens (including phenoxy) is 1. The van der Waals surface area contributed by atoms with E-state index in [1.54, 1.807) is 19.1 Å². The molecular formula is C27H33N3O4. The quantitative estimate of drug-likeness (QED) is 0.549. The van der Waals surface area contributed by atoms with Gasteiger partial charge in [-0.15, -0.1) is 0 Å². The summed E-state index contributed by atoms with van der Waals surface area (Å²) in [5.41, 5.74) is 2.97. The summed E-state index contributed by atoms with van der Waals surface area (Å²) in [5.74, 6) is -1.05. The lowest BCUT2D eigenvalue weighted by atomic mass is 9.82. The Morgan fingerprint density at radius 3 is 2.47 bits per heavy atom. The van der Waals surface area contributed by atoms with Gasteiger partial charge in [-0.3, -0.25) is 14.5 Å². The largest absolute Gasteiger partial charge is 0.497 e. The molecule has 7 heteroatoms. The van der Waals surface area contributed by atoms with Crippen molar-refractivity contribution >= 4 is 22.8 Å². The van der Waals surface area contributed by atoms with Crippen molar-refractivity contribution in [3.8, 4) is 5.75 Å². The van der Waals surface area contributed by atoms with Crippen molar-refractivity contribution in [3.63, 3.8) is 0 Å². The first-order chi connectivity index (χ1) is 16.3. The maximum atomic E-state index is 13.0. The molecule has 0 unspecified atom stereocenters. The zero-order valence-electron chi connectivity index (χ0n) is 20.3. The van der Waals surface area contributed by atoms with Crippen molar-refractivity contribution in [2.24, 2.45) is 13.0 Å².